The fourth-order valence-electron chi connectivity index (χ4n) is 2.67. The van der Waals surface area contributed by atoms with Crippen LogP contribution in [0.1, 0.15) is 65.7 Å². The quantitative estimate of drug-likeness (QED) is 0.204. The van der Waals surface area contributed by atoms with Gasteiger partial charge in [0.05, 0.1) is 12.7 Å². The fourth-order valence-corrected chi connectivity index (χ4v) is 2.67. The maximum atomic E-state index is 5.67. The van der Waals surface area contributed by atoms with E-state index < -0.39 is 0 Å². The van der Waals surface area contributed by atoms with Crippen molar-refractivity contribution in [2.24, 2.45) is 4.99 Å². The highest BCUT2D eigenvalue weighted by Crippen LogP contribution is 2.11. The molecule has 1 aliphatic heterocycles. The van der Waals surface area contributed by atoms with Gasteiger partial charge in [-0.25, -0.2) is 0 Å². The van der Waals surface area contributed by atoms with Crippen LogP contribution in [0.15, 0.2) is 4.99 Å². The first-order valence-electron chi connectivity index (χ1n) is 9.50. The lowest BCUT2D eigenvalue weighted by molar-refractivity contribution is 0.0171. The maximum absolute atomic E-state index is 5.67. The van der Waals surface area contributed by atoms with Gasteiger partial charge in [0.15, 0.2) is 5.96 Å². The predicted molar refractivity (Wildman–Crippen MR) is 113 cm³/mol. The highest BCUT2D eigenvalue weighted by Gasteiger charge is 2.14. The van der Waals surface area contributed by atoms with Gasteiger partial charge in [0.1, 0.15) is 0 Å². The van der Waals surface area contributed by atoms with Gasteiger partial charge < -0.3 is 20.1 Å². The Hall–Kier alpha value is -0.0800. The Bertz CT molecular complexity index is 311. The summed E-state index contributed by atoms with van der Waals surface area (Å²) in [6.07, 6.45) is 8.64. The van der Waals surface area contributed by atoms with Crippen LogP contribution in [0, 0.1) is 0 Å². The van der Waals surface area contributed by atoms with Gasteiger partial charge >= 0.3 is 0 Å². The highest BCUT2D eigenvalue weighted by molar-refractivity contribution is 14.0. The molecular formula is C18H38IN3O2. The summed E-state index contributed by atoms with van der Waals surface area (Å²) in [5, 5.41) is 6.81. The van der Waals surface area contributed by atoms with Gasteiger partial charge in [-0.05, 0) is 39.5 Å². The van der Waals surface area contributed by atoms with E-state index in [2.05, 4.69) is 36.4 Å². The number of hydrogen-bond acceptors (Lipinski definition) is 3. The topological polar surface area (TPSA) is 54.9 Å². The molecule has 0 saturated carbocycles. The lowest BCUT2D eigenvalue weighted by Gasteiger charge is -2.17. The van der Waals surface area contributed by atoms with Crippen molar-refractivity contribution in [2.75, 3.05) is 32.9 Å². The molecule has 6 heteroatoms. The van der Waals surface area contributed by atoms with Gasteiger partial charge in [-0.1, -0.05) is 26.2 Å². The molecule has 0 radical (unpaired) electrons. The Morgan fingerprint density at radius 3 is 2.79 bits per heavy atom. The molecule has 1 rings (SSSR count). The highest BCUT2D eigenvalue weighted by atomic mass is 127. The van der Waals surface area contributed by atoms with Crippen molar-refractivity contribution in [1.82, 2.24) is 10.6 Å². The van der Waals surface area contributed by atoms with E-state index in [0.29, 0.717) is 12.1 Å². The first-order valence-corrected chi connectivity index (χ1v) is 9.50. The van der Waals surface area contributed by atoms with Crippen LogP contribution in [0.25, 0.3) is 0 Å². The van der Waals surface area contributed by atoms with Crippen LogP contribution in [-0.4, -0.2) is 51.0 Å². The summed E-state index contributed by atoms with van der Waals surface area (Å²) in [5.74, 6) is 0.927. The Morgan fingerprint density at radius 1 is 1.29 bits per heavy atom. The molecule has 0 aromatic rings. The molecule has 5 nitrogen and oxygen atoms in total. The number of ether oxygens (including phenoxy) is 2. The summed E-state index contributed by atoms with van der Waals surface area (Å²) < 4.78 is 11.2. The number of guanidine groups is 1. The van der Waals surface area contributed by atoms with Crippen LogP contribution in [0.4, 0.5) is 0 Å². The van der Waals surface area contributed by atoms with E-state index in [-0.39, 0.29) is 24.0 Å². The van der Waals surface area contributed by atoms with E-state index in [1.807, 2.05) is 0 Å². The number of hydrogen-bond donors (Lipinski definition) is 2. The fraction of sp³-hybridized carbons (Fsp3) is 0.944. The Labute approximate surface area is 165 Å². The molecular weight excluding hydrogens is 417 g/mol. The number of rotatable bonds is 12. The molecule has 0 spiro atoms. The molecule has 2 atom stereocenters. The molecule has 2 N–H and O–H groups in total. The van der Waals surface area contributed by atoms with Gasteiger partial charge in [0.25, 0.3) is 0 Å². The zero-order valence-corrected chi connectivity index (χ0v) is 18.1. The molecule has 1 heterocycles. The van der Waals surface area contributed by atoms with Crippen LogP contribution in [0.5, 0.6) is 0 Å². The number of unbranched alkanes of at least 4 members (excludes halogenated alkanes) is 2. The SMILES string of the molecule is CCCCCC(C)NC(=NCCCOCC1CCCO1)NCC.I. The third-order valence-corrected chi connectivity index (χ3v) is 4.01. The van der Waals surface area contributed by atoms with Gasteiger partial charge in [-0.15, -0.1) is 24.0 Å². The summed E-state index contributed by atoms with van der Waals surface area (Å²) in [7, 11) is 0. The largest absolute Gasteiger partial charge is 0.379 e. The van der Waals surface area contributed by atoms with Gasteiger partial charge in [0, 0.05) is 32.3 Å². The smallest absolute Gasteiger partial charge is 0.191 e. The molecule has 0 amide bonds. The zero-order chi connectivity index (χ0) is 16.8. The molecule has 24 heavy (non-hydrogen) atoms. The van der Waals surface area contributed by atoms with Crippen LogP contribution < -0.4 is 10.6 Å². The molecule has 1 aliphatic rings. The van der Waals surface area contributed by atoms with Crippen molar-refractivity contribution < 1.29 is 9.47 Å². The predicted octanol–water partition coefficient (Wildman–Crippen LogP) is 3.71. The van der Waals surface area contributed by atoms with Crippen molar-refractivity contribution >= 4 is 29.9 Å². The average Bonchev–Trinajstić information content (AvgIpc) is 3.04. The van der Waals surface area contributed by atoms with E-state index in [1.54, 1.807) is 0 Å². The normalized spacial score (nSPS) is 19.0. The molecule has 2 unspecified atom stereocenters. The van der Waals surface area contributed by atoms with Crippen molar-refractivity contribution in [3.8, 4) is 0 Å². The molecule has 144 valence electrons. The lowest BCUT2D eigenvalue weighted by Crippen LogP contribution is -2.42. The summed E-state index contributed by atoms with van der Waals surface area (Å²) in [5.41, 5.74) is 0. The first kappa shape index (κ1) is 23.9. The first-order chi connectivity index (χ1) is 11.3. The summed E-state index contributed by atoms with van der Waals surface area (Å²) >= 11 is 0. The van der Waals surface area contributed by atoms with Crippen molar-refractivity contribution in [3.05, 3.63) is 0 Å². The summed E-state index contributed by atoms with van der Waals surface area (Å²) in [6.45, 7) is 10.6. The van der Waals surface area contributed by atoms with Gasteiger partial charge in [-0.3, -0.25) is 4.99 Å². The Morgan fingerprint density at radius 2 is 2.12 bits per heavy atom. The standard InChI is InChI=1S/C18H37N3O2.HI/c1-4-6-7-10-16(3)21-18(19-5-2)20-12-9-13-22-15-17-11-8-14-23-17;/h16-17H,4-15H2,1-3H3,(H2,19,20,21);1H. The summed E-state index contributed by atoms with van der Waals surface area (Å²) in [6, 6.07) is 0.468. The lowest BCUT2D eigenvalue weighted by atomic mass is 10.1. The van der Waals surface area contributed by atoms with E-state index in [0.717, 1.165) is 51.7 Å². The zero-order valence-electron chi connectivity index (χ0n) is 15.8. The third kappa shape index (κ3) is 12.3. The number of aliphatic imine (C=N–C) groups is 1. The number of nitrogens with one attached hydrogen (secondary N) is 2. The van der Waals surface area contributed by atoms with Crippen LogP contribution >= 0.6 is 24.0 Å². The van der Waals surface area contributed by atoms with Crippen LogP contribution in [-0.2, 0) is 9.47 Å². The van der Waals surface area contributed by atoms with Crippen LogP contribution in [0.2, 0.25) is 0 Å². The monoisotopic (exact) mass is 455 g/mol. The molecule has 1 fully saturated rings. The Balaban J connectivity index is 0.00000529. The Kier molecular flexibility index (Phi) is 16.3. The molecule has 0 aromatic heterocycles. The second-order valence-corrected chi connectivity index (χ2v) is 6.37. The number of nitrogens with zero attached hydrogens (tertiary/aromatic N) is 1. The number of halogens is 1. The second kappa shape index (κ2) is 16.4. The molecule has 0 bridgehead atoms. The van der Waals surface area contributed by atoms with E-state index in [9.17, 15) is 0 Å². The van der Waals surface area contributed by atoms with E-state index in [4.69, 9.17) is 9.47 Å². The van der Waals surface area contributed by atoms with E-state index >= 15 is 0 Å². The summed E-state index contributed by atoms with van der Waals surface area (Å²) in [4.78, 5) is 4.63. The van der Waals surface area contributed by atoms with Gasteiger partial charge in [-0.2, -0.15) is 0 Å². The second-order valence-electron chi connectivity index (χ2n) is 6.37. The van der Waals surface area contributed by atoms with Crippen molar-refractivity contribution in [2.45, 2.75) is 77.9 Å². The van der Waals surface area contributed by atoms with Gasteiger partial charge in [0.2, 0.25) is 0 Å². The van der Waals surface area contributed by atoms with E-state index in [1.165, 1.54) is 32.1 Å². The minimum atomic E-state index is 0. The maximum Gasteiger partial charge on any atom is 0.191 e. The van der Waals surface area contributed by atoms with Crippen molar-refractivity contribution in [1.29, 1.82) is 0 Å². The van der Waals surface area contributed by atoms with Crippen LogP contribution in [0.3, 0.4) is 0 Å². The molecule has 1 saturated heterocycles. The minimum absolute atomic E-state index is 0. The molecule has 0 aliphatic carbocycles. The third-order valence-electron chi connectivity index (χ3n) is 4.01. The average molecular weight is 455 g/mol. The minimum Gasteiger partial charge on any atom is -0.379 e. The van der Waals surface area contributed by atoms with Crippen molar-refractivity contribution in [3.63, 3.8) is 0 Å². The molecule has 0 aromatic carbocycles.